The number of ether oxygens (including phenoxy) is 2. The van der Waals surface area contributed by atoms with Crippen LogP contribution in [0.5, 0.6) is 11.5 Å². The van der Waals surface area contributed by atoms with Gasteiger partial charge in [-0.3, -0.25) is 0 Å². The van der Waals surface area contributed by atoms with Gasteiger partial charge in [0, 0.05) is 17.1 Å². The van der Waals surface area contributed by atoms with E-state index in [-0.39, 0.29) is 0 Å². The molecule has 0 aliphatic heterocycles. The summed E-state index contributed by atoms with van der Waals surface area (Å²) in [6.07, 6.45) is 8.01. The highest BCUT2D eigenvalue weighted by Crippen LogP contribution is 2.34. The molecule has 2 aromatic rings. The molecule has 1 N–H and O–H groups in total. The van der Waals surface area contributed by atoms with Gasteiger partial charge in [0.1, 0.15) is 6.61 Å². The first-order valence-electron chi connectivity index (χ1n) is 9.94. The van der Waals surface area contributed by atoms with Gasteiger partial charge in [0.2, 0.25) is 0 Å². The molecule has 0 saturated heterocycles. The van der Waals surface area contributed by atoms with Gasteiger partial charge in [-0.15, -0.1) is 0 Å². The number of nitrogens with one attached hydrogen (secondary N) is 1. The molecule has 1 saturated carbocycles. The van der Waals surface area contributed by atoms with Crippen LogP contribution in [0, 0.1) is 6.92 Å². The fourth-order valence-corrected chi connectivity index (χ4v) is 4.15. The van der Waals surface area contributed by atoms with Gasteiger partial charge < -0.3 is 14.8 Å². The Balaban J connectivity index is 1.65. The quantitative estimate of drug-likeness (QED) is 0.532. The largest absolute Gasteiger partial charge is 0.493 e. The van der Waals surface area contributed by atoms with E-state index >= 15 is 0 Å². The number of methoxy groups -OCH3 is 1. The van der Waals surface area contributed by atoms with Crippen molar-refractivity contribution in [3.05, 3.63) is 57.6 Å². The Morgan fingerprint density at radius 1 is 1.04 bits per heavy atom. The lowest BCUT2D eigenvalue weighted by Gasteiger charge is -2.18. The van der Waals surface area contributed by atoms with Crippen molar-refractivity contribution in [2.24, 2.45) is 0 Å². The fourth-order valence-electron chi connectivity index (χ4n) is 3.69. The normalized spacial score (nSPS) is 15.4. The summed E-state index contributed by atoms with van der Waals surface area (Å²) in [7, 11) is 1.70. The fraction of sp³-hybridized carbons (Fsp3) is 0.478. The van der Waals surface area contributed by atoms with Crippen molar-refractivity contribution in [2.75, 3.05) is 7.11 Å². The van der Waals surface area contributed by atoms with E-state index in [9.17, 15) is 0 Å². The average Bonchev–Trinajstić information content (AvgIpc) is 2.94. The topological polar surface area (TPSA) is 30.5 Å². The average molecular weight is 432 g/mol. The standard InChI is InChI=1S/C23H30BrNO2/c1-17-8-7-9-18(12-17)16-27-23-14-21(24)19(13-22(23)26-2)15-25-20-10-5-3-4-6-11-20/h7-9,12-14,20,25H,3-6,10-11,15-16H2,1-2H3. The molecule has 4 heteroatoms. The van der Waals surface area contributed by atoms with Crippen LogP contribution in [0.4, 0.5) is 0 Å². The van der Waals surface area contributed by atoms with Crippen LogP contribution in [-0.2, 0) is 13.2 Å². The summed E-state index contributed by atoms with van der Waals surface area (Å²) in [5, 5.41) is 3.73. The first kappa shape index (κ1) is 20.2. The second-order valence-electron chi connectivity index (χ2n) is 7.44. The van der Waals surface area contributed by atoms with Crippen molar-refractivity contribution in [1.82, 2.24) is 5.32 Å². The van der Waals surface area contributed by atoms with Crippen LogP contribution in [0.1, 0.15) is 55.2 Å². The minimum atomic E-state index is 0.532. The molecule has 27 heavy (non-hydrogen) atoms. The van der Waals surface area contributed by atoms with Crippen molar-refractivity contribution < 1.29 is 9.47 Å². The summed E-state index contributed by atoms with van der Waals surface area (Å²) >= 11 is 3.71. The molecule has 1 fully saturated rings. The zero-order valence-corrected chi connectivity index (χ0v) is 18.0. The third-order valence-electron chi connectivity index (χ3n) is 5.25. The van der Waals surface area contributed by atoms with Crippen LogP contribution >= 0.6 is 15.9 Å². The molecular weight excluding hydrogens is 402 g/mol. The van der Waals surface area contributed by atoms with E-state index in [4.69, 9.17) is 9.47 Å². The molecule has 0 amide bonds. The SMILES string of the molecule is COc1cc(CNC2CCCCCC2)c(Br)cc1OCc1cccc(C)c1. The molecule has 1 aliphatic rings. The first-order chi connectivity index (χ1) is 13.2. The van der Waals surface area contributed by atoms with Gasteiger partial charge in [-0.2, -0.15) is 0 Å². The monoisotopic (exact) mass is 431 g/mol. The molecule has 146 valence electrons. The summed E-state index contributed by atoms with van der Waals surface area (Å²) in [4.78, 5) is 0. The number of aryl methyl sites for hydroxylation is 1. The van der Waals surface area contributed by atoms with E-state index in [0.717, 1.165) is 28.1 Å². The summed E-state index contributed by atoms with van der Waals surface area (Å²) < 4.78 is 12.7. The first-order valence-corrected chi connectivity index (χ1v) is 10.7. The van der Waals surface area contributed by atoms with Gasteiger partial charge in [-0.25, -0.2) is 0 Å². The van der Waals surface area contributed by atoms with Crippen LogP contribution in [0.3, 0.4) is 0 Å². The van der Waals surface area contributed by atoms with Gasteiger partial charge in [0.15, 0.2) is 11.5 Å². The van der Waals surface area contributed by atoms with Gasteiger partial charge in [0.25, 0.3) is 0 Å². The molecule has 1 aliphatic carbocycles. The number of benzene rings is 2. The molecule has 0 unspecified atom stereocenters. The molecule has 0 radical (unpaired) electrons. The molecule has 3 nitrogen and oxygen atoms in total. The summed E-state index contributed by atoms with van der Waals surface area (Å²) in [5.41, 5.74) is 3.61. The predicted octanol–water partition coefficient (Wildman–Crippen LogP) is 6.16. The molecular formula is C23H30BrNO2. The Morgan fingerprint density at radius 3 is 2.52 bits per heavy atom. The molecule has 2 aromatic carbocycles. The third kappa shape index (κ3) is 5.98. The van der Waals surface area contributed by atoms with Crippen LogP contribution < -0.4 is 14.8 Å². The van der Waals surface area contributed by atoms with Crippen molar-refractivity contribution in [3.8, 4) is 11.5 Å². The Hall–Kier alpha value is -1.52. The summed E-state index contributed by atoms with van der Waals surface area (Å²) in [5.74, 6) is 1.55. The Morgan fingerprint density at radius 2 is 1.81 bits per heavy atom. The number of hydrogen-bond donors (Lipinski definition) is 1. The van der Waals surface area contributed by atoms with E-state index in [1.54, 1.807) is 7.11 Å². The van der Waals surface area contributed by atoms with Gasteiger partial charge in [0.05, 0.1) is 7.11 Å². The maximum absolute atomic E-state index is 6.04. The predicted molar refractivity (Wildman–Crippen MR) is 115 cm³/mol. The zero-order chi connectivity index (χ0) is 19.1. The molecule has 0 bridgehead atoms. The van der Waals surface area contributed by atoms with Crippen LogP contribution in [0.15, 0.2) is 40.9 Å². The Labute approximate surface area is 171 Å². The van der Waals surface area contributed by atoms with Gasteiger partial charge >= 0.3 is 0 Å². The maximum Gasteiger partial charge on any atom is 0.162 e. The number of hydrogen-bond acceptors (Lipinski definition) is 3. The lowest BCUT2D eigenvalue weighted by Crippen LogP contribution is -2.28. The molecule has 0 aromatic heterocycles. The van der Waals surface area contributed by atoms with Gasteiger partial charge in [-0.1, -0.05) is 71.4 Å². The highest BCUT2D eigenvalue weighted by molar-refractivity contribution is 9.10. The van der Waals surface area contributed by atoms with E-state index in [1.165, 1.54) is 49.7 Å². The van der Waals surface area contributed by atoms with Crippen LogP contribution in [0.25, 0.3) is 0 Å². The van der Waals surface area contributed by atoms with Crippen molar-refractivity contribution in [2.45, 2.75) is 64.6 Å². The number of halogens is 1. The van der Waals surface area contributed by atoms with E-state index in [1.807, 2.05) is 6.07 Å². The van der Waals surface area contributed by atoms with Crippen LogP contribution in [0.2, 0.25) is 0 Å². The molecule has 0 heterocycles. The van der Waals surface area contributed by atoms with Crippen molar-refractivity contribution in [1.29, 1.82) is 0 Å². The summed E-state index contributed by atoms with van der Waals surface area (Å²) in [6, 6.07) is 13.1. The van der Waals surface area contributed by atoms with E-state index < -0.39 is 0 Å². The second kappa shape index (κ2) is 10.1. The maximum atomic E-state index is 6.04. The summed E-state index contributed by atoms with van der Waals surface area (Å²) in [6.45, 7) is 3.47. The highest BCUT2D eigenvalue weighted by atomic mass is 79.9. The lowest BCUT2D eigenvalue weighted by molar-refractivity contribution is 0.284. The molecule has 3 rings (SSSR count). The minimum Gasteiger partial charge on any atom is -0.493 e. The Kier molecular flexibility index (Phi) is 7.59. The highest BCUT2D eigenvalue weighted by Gasteiger charge is 2.14. The minimum absolute atomic E-state index is 0.532. The van der Waals surface area contributed by atoms with E-state index in [0.29, 0.717) is 12.6 Å². The van der Waals surface area contributed by atoms with Crippen molar-refractivity contribution >= 4 is 15.9 Å². The zero-order valence-electron chi connectivity index (χ0n) is 16.4. The number of rotatable bonds is 7. The third-order valence-corrected chi connectivity index (χ3v) is 5.98. The van der Waals surface area contributed by atoms with E-state index in [2.05, 4.69) is 58.5 Å². The van der Waals surface area contributed by atoms with Gasteiger partial charge in [-0.05, 0) is 43.0 Å². The lowest BCUT2D eigenvalue weighted by atomic mass is 10.1. The Bertz CT molecular complexity index is 739. The van der Waals surface area contributed by atoms with Crippen LogP contribution in [-0.4, -0.2) is 13.2 Å². The molecule has 0 atom stereocenters. The smallest absolute Gasteiger partial charge is 0.162 e. The second-order valence-corrected chi connectivity index (χ2v) is 8.30. The molecule has 0 spiro atoms. The van der Waals surface area contributed by atoms with Crippen molar-refractivity contribution in [3.63, 3.8) is 0 Å².